The van der Waals surface area contributed by atoms with E-state index in [-0.39, 0.29) is 24.8 Å². The SMILES string of the molecule is CCN(CC)Cc1ccc(C(=O)N2CC(O)C(O)C2)o1. The summed E-state index contributed by atoms with van der Waals surface area (Å²) in [5.41, 5.74) is 0. The zero-order valence-corrected chi connectivity index (χ0v) is 12.0. The molecule has 112 valence electrons. The molecule has 2 atom stereocenters. The molecule has 0 saturated carbocycles. The summed E-state index contributed by atoms with van der Waals surface area (Å²) in [4.78, 5) is 15.8. The van der Waals surface area contributed by atoms with Crippen LogP contribution < -0.4 is 0 Å². The molecule has 1 aromatic heterocycles. The Morgan fingerprint density at radius 3 is 2.45 bits per heavy atom. The average Bonchev–Trinajstić information content (AvgIpc) is 3.03. The van der Waals surface area contributed by atoms with E-state index >= 15 is 0 Å². The maximum atomic E-state index is 12.2. The second-order valence-corrected chi connectivity index (χ2v) is 5.07. The zero-order chi connectivity index (χ0) is 14.7. The normalized spacial score (nSPS) is 22.8. The van der Waals surface area contributed by atoms with Crippen LogP contribution in [0.25, 0.3) is 0 Å². The van der Waals surface area contributed by atoms with E-state index in [0.717, 1.165) is 18.8 Å². The van der Waals surface area contributed by atoms with Gasteiger partial charge in [-0.2, -0.15) is 0 Å². The van der Waals surface area contributed by atoms with Gasteiger partial charge in [0.25, 0.3) is 5.91 Å². The predicted molar refractivity (Wildman–Crippen MR) is 73.3 cm³/mol. The minimum absolute atomic E-state index is 0.145. The first-order valence-electron chi connectivity index (χ1n) is 7.01. The minimum atomic E-state index is -0.871. The highest BCUT2D eigenvalue weighted by atomic mass is 16.4. The average molecular weight is 282 g/mol. The van der Waals surface area contributed by atoms with Crippen LogP contribution in [0, 0.1) is 0 Å². The van der Waals surface area contributed by atoms with Crippen molar-refractivity contribution in [1.82, 2.24) is 9.80 Å². The van der Waals surface area contributed by atoms with Crippen molar-refractivity contribution in [2.24, 2.45) is 0 Å². The Morgan fingerprint density at radius 1 is 1.30 bits per heavy atom. The molecule has 0 spiro atoms. The topological polar surface area (TPSA) is 77.2 Å². The zero-order valence-electron chi connectivity index (χ0n) is 12.0. The third kappa shape index (κ3) is 3.20. The number of β-amino-alcohol motifs (C(OH)–C–C–N with tert-alkyl or cyclic N) is 2. The van der Waals surface area contributed by atoms with Gasteiger partial charge >= 0.3 is 0 Å². The molecule has 1 amide bonds. The predicted octanol–water partition coefficient (Wildman–Crippen LogP) is 0.299. The first-order chi connectivity index (χ1) is 9.55. The van der Waals surface area contributed by atoms with E-state index in [0.29, 0.717) is 6.54 Å². The molecule has 0 aromatic carbocycles. The lowest BCUT2D eigenvalue weighted by atomic mass is 10.3. The molecule has 1 fully saturated rings. The number of aliphatic hydroxyl groups is 2. The van der Waals surface area contributed by atoms with E-state index in [1.807, 2.05) is 0 Å². The third-order valence-corrected chi connectivity index (χ3v) is 3.69. The highest BCUT2D eigenvalue weighted by Gasteiger charge is 2.34. The number of rotatable bonds is 5. The lowest BCUT2D eigenvalue weighted by Crippen LogP contribution is -2.29. The van der Waals surface area contributed by atoms with Crippen LogP contribution >= 0.6 is 0 Å². The molecule has 1 aliphatic rings. The fourth-order valence-electron chi connectivity index (χ4n) is 2.34. The number of nitrogens with zero attached hydrogens (tertiary/aromatic N) is 2. The molecule has 2 N–H and O–H groups in total. The van der Waals surface area contributed by atoms with Gasteiger partial charge in [0, 0.05) is 13.1 Å². The number of carbonyl (C=O) groups is 1. The van der Waals surface area contributed by atoms with Gasteiger partial charge in [-0.3, -0.25) is 9.69 Å². The Morgan fingerprint density at radius 2 is 1.90 bits per heavy atom. The molecule has 0 aliphatic carbocycles. The van der Waals surface area contributed by atoms with Crippen LogP contribution in [0.1, 0.15) is 30.2 Å². The van der Waals surface area contributed by atoms with Crippen molar-refractivity contribution in [3.8, 4) is 0 Å². The van der Waals surface area contributed by atoms with E-state index in [2.05, 4.69) is 18.7 Å². The molecular formula is C14H22N2O4. The number of amides is 1. The monoisotopic (exact) mass is 282 g/mol. The van der Waals surface area contributed by atoms with Gasteiger partial charge in [-0.25, -0.2) is 0 Å². The van der Waals surface area contributed by atoms with Crippen LogP contribution in [0.4, 0.5) is 0 Å². The van der Waals surface area contributed by atoms with Gasteiger partial charge in [0.1, 0.15) is 5.76 Å². The highest BCUT2D eigenvalue weighted by molar-refractivity contribution is 5.91. The van der Waals surface area contributed by atoms with Crippen LogP contribution in [0.15, 0.2) is 16.5 Å². The van der Waals surface area contributed by atoms with Gasteiger partial charge < -0.3 is 19.5 Å². The van der Waals surface area contributed by atoms with Gasteiger partial charge in [-0.1, -0.05) is 13.8 Å². The number of aliphatic hydroxyl groups excluding tert-OH is 2. The Hall–Kier alpha value is -1.37. The maximum Gasteiger partial charge on any atom is 0.289 e. The molecule has 6 nitrogen and oxygen atoms in total. The summed E-state index contributed by atoms with van der Waals surface area (Å²) in [5.74, 6) is 0.720. The molecule has 0 radical (unpaired) electrons. The molecule has 1 aromatic rings. The fraction of sp³-hybridized carbons (Fsp3) is 0.643. The minimum Gasteiger partial charge on any atom is -0.455 e. The van der Waals surface area contributed by atoms with Crippen molar-refractivity contribution in [3.05, 3.63) is 23.7 Å². The fourth-order valence-corrected chi connectivity index (χ4v) is 2.34. The Balaban J connectivity index is 2.00. The summed E-state index contributed by atoms with van der Waals surface area (Å²) in [6.45, 7) is 6.96. The molecule has 1 aliphatic heterocycles. The Kier molecular flexibility index (Phi) is 4.80. The molecule has 2 heterocycles. The number of likely N-dealkylation sites (tertiary alicyclic amines) is 1. The lowest BCUT2D eigenvalue weighted by Gasteiger charge is -2.16. The first-order valence-corrected chi connectivity index (χ1v) is 7.01. The van der Waals surface area contributed by atoms with Crippen molar-refractivity contribution < 1.29 is 19.4 Å². The summed E-state index contributed by atoms with van der Waals surface area (Å²) in [5, 5.41) is 18.9. The number of hydrogen-bond acceptors (Lipinski definition) is 5. The van der Waals surface area contributed by atoms with Gasteiger partial charge in [0.2, 0.25) is 0 Å². The lowest BCUT2D eigenvalue weighted by molar-refractivity contribution is 0.0572. The van der Waals surface area contributed by atoms with Crippen LogP contribution in [0.5, 0.6) is 0 Å². The van der Waals surface area contributed by atoms with Crippen molar-refractivity contribution in [1.29, 1.82) is 0 Å². The molecule has 2 rings (SSSR count). The number of furan rings is 1. The highest BCUT2D eigenvalue weighted by Crippen LogP contribution is 2.17. The second kappa shape index (κ2) is 6.39. The molecule has 6 heteroatoms. The van der Waals surface area contributed by atoms with Crippen LogP contribution in [0.3, 0.4) is 0 Å². The van der Waals surface area contributed by atoms with Gasteiger partial charge in [0.05, 0.1) is 18.8 Å². The summed E-state index contributed by atoms with van der Waals surface area (Å²) in [6, 6.07) is 3.45. The van der Waals surface area contributed by atoms with E-state index in [4.69, 9.17) is 4.42 Å². The summed E-state index contributed by atoms with van der Waals surface area (Å²) >= 11 is 0. The number of carbonyl (C=O) groups excluding carboxylic acids is 1. The van der Waals surface area contributed by atoms with Crippen molar-refractivity contribution in [2.75, 3.05) is 26.2 Å². The third-order valence-electron chi connectivity index (χ3n) is 3.69. The van der Waals surface area contributed by atoms with E-state index in [1.165, 1.54) is 4.90 Å². The van der Waals surface area contributed by atoms with Crippen molar-refractivity contribution in [3.63, 3.8) is 0 Å². The Labute approximate surface area is 118 Å². The van der Waals surface area contributed by atoms with Crippen LogP contribution in [0.2, 0.25) is 0 Å². The van der Waals surface area contributed by atoms with Gasteiger partial charge in [-0.05, 0) is 25.2 Å². The maximum absolute atomic E-state index is 12.2. The molecular weight excluding hydrogens is 260 g/mol. The van der Waals surface area contributed by atoms with Crippen LogP contribution in [-0.4, -0.2) is 64.3 Å². The summed E-state index contributed by atoms with van der Waals surface area (Å²) < 4.78 is 5.57. The summed E-state index contributed by atoms with van der Waals surface area (Å²) in [7, 11) is 0. The Bertz CT molecular complexity index is 446. The van der Waals surface area contributed by atoms with Gasteiger partial charge in [-0.15, -0.1) is 0 Å². The number of hydrogen-bond donors (Lipinski definition) is 2. The largest absolute Gasteiger partial charge is 0.455 e. The molecule has 1 saturated heterocycles. The summed E-state index contributed by atoms with van der Waals surface area (Å²) in [6.07, 6.45) is -1.74. The van der Waals surface area contributed by atoms with E-state index in [9.17, 15) is 15.0 Å². The van der Waals surface area contributed by atoms with E-state index in [1.54, 1.807) is 12.1 Å². The smallest absolute Gasteiger partial charge is 0.289 e. The first kappa shape index (κ1) is 15.0. The van der Waals surface area contributed by atoms with Crippen molar-refractivity contribution in [2.45, 2.75) is 32.6 Å². The van der Waals surface area contributed by atoms with Crippen LogP contribution in [-0.2, 0) is 6.54 Å². The molecule has 2 unspecified atom stereocenters. The standard InChI is InChI=1S/C14H22N2O4/c1-3-15(4-2)7-10-5-6-13(20-10)14(19)16-8-11(17)12(18)9-16/h5-6,11-12,17-18H,3-4,7-9H2,1-2H3. The van der Waals surface area contributed by atoms with Gasteiger partial charge in [0.15, 0.2) is 5.76 Å². The quantitative estimate of drug-likeness (QED) is 0.812. The molecule has 20 heavy (non-hydrogen) atoms. The van der Waals surface area contributed by atoms with E-state index < -0.39 is 12.2 Å². The van der Waals surface area contributed by atoms with Crippen molar-refractivity contribution >= 4 is 5.91 Å². The second-order valence-electron chi connectivity index (χ2n) is 5.07. The molecule has 0 bridgehead atoms.